The van der Waals surface area contributed by atoms with E-state index in [1.165, 1.54) is 45.2 Å². The topological polar surface area (TPSA) is 55.8 Å². The number of hydrogen-bond acceptors (Lipinski definition) is 3. The van der Waals surface area contributed by atoms with Crippen LogP contribution >= 0.6 is 0 Å². The maximum Gasteiger partial charge on any atom is 0.317 e. The van der Waals surface area contributed by atoms with E-state index in [1.807, 2.05) is 35.2 Å². The Kier molecular flexibility index (Phi) is 7.32. The van der Waals surface area contributed by atoms with E-state index in [0.717, 1.165) is 12.1 Å². The number of benzene rings is 1. The van der Waals surface area contributed by atoms with E-state index in [1.54, 1.807) is 0 Å². The highest BCUT2D eigenvalue weighted by Crippen LogP contribution is 2.30. The molecule has 3 rings (SSSR count). The predicted octanol–water partition coefficient (Wildman–Crippen LogP) is 2.85. The van der Waals surface area contributed by atoms with Gasteiger partial charge in [0, 0.05) is 32.3 Å². The number of carbonyl (C=O) groups excluding carboxylic acids is 1. The zero-order valence-corrected chi connectivity index (χ0v) is 15.8. The number of fused-ring (bicyclic) bond motifs is 1. The summed E-state index contributed by atoms with van der Waals surface area (Å²) in [5.41, 5.74) is 1.12. The van der Waals surface area contributed by atoms with Crippen molar-refractivity contribution in [1.29, 1.82) is 0 Å². The van der Waals surface area contributed by atoms with Crippen molar-refractivity contribution in [3.63, 3.8) is 0 Å². The molecule has 144 valence electrons. The number of hydrogen-bond donors (Lipinski definition) is 2. The molecule has 2 saturated heterocycles. The van der Waals surface area contributed by atoms with E-state index in [2.05, 4.69) is 10.2 Å². The molecule has 2 aliphatic rings. The van der Waals surface area contributed by atoms with Crippen LogP contribution in [0.15, 0.2) is 30.3 Å². The number of urea groups is 1. The van der Waals surface area contributed by atoms with Crippen molar-refractivity contribution in [2.75, 3.05) is 32.8 Å². The second kappa shape index (κ2) is 9.93. The molecule has 26 heavy (non-hydrogen) atoms. The minimum Gasteiger partial charge on any atom is -0.396 e. The lowest BCUT2D eigenvalue weighted by Gasteiger charge is -2.44. The van der Waals surface area contributed by atoms with Crippen molar-refractivity contribution in [3.05, 3.63) is 35.9 Å². The molecule has 2 fully saturated rings. The summed E-state index contributed by atoms with van der Waals surface area (Å²) >= 11 is 0. The molecule has 0 saturated carbocycles. The van der Waals surface area contributed by atoms with Crippen molar-refractivity contribution >= 4 is 6.03 Å². The van der Waals surface area contributed by atoms with Crippen LogP contribution in [0.1, 0.15) is 44.1 Å². The molecule has 0 radical (unpaired) electrons. The molecule has 2 heterocycles. The fourth-order valence-electron chi connectivity index (χ4n) is 4.46. The lowest BCUT2D eigenvalue weighted by molar-refractivity contribution is 0.0596. The first-order chi connectivity index (χ1) is 12.8. The zero-order valence-electron chi connectivity index (χ0n) is 15.8. The highest BCUT2D eigenvalue weighted by atomic mass is 16.3. The van der Waals surface area contributed by atoms with Crippen LogP contribution < -0.4 is 5.32 Å². The third kappa shape index (κ3) is 5.21. The highest BCUT2D eigenvalue weighted by molar-refractivity contribution is 5.74. The van der Waals surface area contributed by atoms with Crippen molar-refractivity contribution < 1.29 is 9.90 Å². The molecule has 2 aliphatic heterocycles. The van der Waals surface area contributed by atoms with E-state index in [-0.39, 0.29) is 12.6 Å². The Morgan fingerprint density at radius 3 is 2.77 bits per heavy atom. The van der Waals surface area contributed by atoms with Gasteiger partial charge in [-0.1, -0.05) is 36.8 Å². The smallest absolute Gasteiger partial charge is 0.317 e. The van der Waals surface area contributed by atoms with Crippen molar-refractivity contribution in [2.24, 2.45) is 5.92 Å². The first-order valence-corrected chi connectivity index (χ1v) is 10.2. The van der Waals surface area contributed by atoms with E-state index < -0.39 is 0 Å². The van der Waals surface area contributed by atoms with Crippen LogP contribution in [0.5, 0.6) is 0 Å². The molecular weight excluding hydrogens is 326 g/mol. The van der Waals surface area contributed by atoms with Gasteiger partial charge in [-0.25, -0.2) is 4.79 Å². The summed E-state index contributed by atoms with van der Waals surface area (Å²) in [5.74, 6) is 0.574. The average molecular weight is 360 g/mol. The van der Waals surface area contributed by atoms with Crippen LogP contribution in [-0.2, 0) is 6.54 Å². The van der Waals surface area contributed by atoms with Crippen LogP contribution in [0.25, 0.3) is 0 Å². The number of carbonyl (C=O) groups is 1. The maximum atomic E-state index is 12.8. The first-order valence-electron chi connectivity index (χ1n) is 10.2. The molecule has 2 N–H and O–H groups in total. The molecule has 2 amide bonds. The van der Waals surface area contributed by atoms with Crippen molar-refractivity contribution in [2.45, 2.75) is 51.1 Å². The fourth-order valence-corrected chi connectivity index (χ4v) is 4.46. The van der Waals surface area contributed by atoms with Crippen LogP contribution in [0.2, 0.25) is 0 Å². The van der Waals surface area contributed by atoms with Crippen LogP contribution in [0.3, 0.4) is 0 Å². The number of piperidine rings is 2. The second-order valence-electron chi connectivity index (χ2n) is 7.67. The molecule has 5 nitrogen and oxygen atoms in total. The van der Waals surface area contributed by atoms with Gasteiger partial charge in [0.05, 0.1) is 0 Å². The molecule has 1 aromatic rings. The van der Waals surface area contributed by atoms with Gasteiger partial charge >= 0.3 is 6.03 Å². The lowest BCUT2D eigenvalue weighted by Crippen LogP contribution is -2.52. The van der Waals surface area contributed by atoms with Gasteiger partial charge in [-0.15, -0.1) is 0 Å². The first kappa shape index (κ1) is 19.2. The minimum atomic E-state index is -0.00441. The molecule has 0 spiro atoms. The molecule has 0 unspecified atom stereocenters. The third-order valence-corrected chi connectivity index (χ3v) is 5.83. The summed E-state index contributed by atoms with van der Waals surface area (Å²) in [6.45, 7) is 4.50. The van der Waals surface area contributed by atoms with Crippen LogP contribution in [0.4, 0.5) is 4.79 Å². The van der Waals surface area contributed by atoms with E-state index in [9.17, 15) is 4.79 Å². The van der Waals surface area contributed by atoms with Gasteiger partial charge in [0.2, 0.25) is 0 Å². The quantitative estimate of drug-likeness (QED) is 0.787. The van der Waals surface area contributed by atoms with Gasteiger partial charge in [0.1, 0.15) is 0 Å². The Balaban J connectivity index is 1.54. The Labute approximate surface area is 157 Å². The zero-order chi connectivity index (χ0) is 18.2. The average Bonchev–Trinajstić information content (AvgIpc) is 2.70. The number of nitrogens with zero attached hydrogens (tertiary/aromatic N) is 2. The number of amides is 2. The Hall–Kier alpha value is -1.59. The Morgan fingerprint density at radius 1 is 1.15 bits per heavy atom. The molecular formula is C21H33N3O2. The van der Waals surface area contributed by atoms with E-state index in [4.69, 9.17) is 5.11 Å². The highest BCUT2D eigenvalue weighted by Gasteiger charge is 2.33. The van der Waals surface area contributed by atoms with Gasteiger partial charge in [0.25, 0.3) is 0 Å². The molecule has 0 aliphatic carbocycles. The minimum absolute atomic E-state index is 0.00441. The predicted molar refractivity (Wildman–Crippen MR) is 104 cm³/mol. The largest absolute Gasteiger partial charge is 0.396 e. The van der Waals surface area contributed by atoms with Gasteiger partial charge in [0.15, 0.2) is 0 Å². The summed E-state index contributed by atoms with van der Waals surface area (Å²) in [5, 5.41) is 12.4. The van der Waals surface area contributed by atoms with Gasteiger partial charge in [-0.05, 0) is 56.7 Å². The molecule has 2 atom stereocenters. The SMILES string of the molecule is O=C(NC[C@@H]1CCCN2CCCC[C@H]12)N(CCCO)Cc1ccccc1. The summed E-state index contributed by atoms with van der Waals surface area (Å²) in [6.07, 6.45) is 6.99. The maximum absolute atomic E-state index is 12.8. The normalized spacial score (nSPS) is 23.3. The van der Waals surface area contributed by atoms with Crippen molar-refractivity contribution in [3.8, 4) is 0 Å². The van der Waals surface area contributed by atoms with Gasteiger partial charge in [-0.3, -0.25) is 0 Å². The molecule has 5 heteroatoms. The summed E-state index contributed by atoms with van der Waals surface area (Å²) < 4.78 is 0. The standard InChI is InChI=1S/C21H33N3O2/c25-15-7-14-24(17-18-8-2-1-3-9-18)21(26)22-16-19-10-6-13-23-12-5-4-11-20(19)23/h1-3,8-9,19-20,25H,4-7,10-17H2,(H,22,26)/t19-,20+/m0/s1. The lowest BCUT2D eigenvalue weighted by atomic mass is 9.83. The van der Waals surface area contributed by atoms with Gasteiger partial charge in [-0.2, -0.15) is 0 Å². The third-order valence-electron chi connectivity index (χ3n) is 5.83. The molecule has 0 bridgehead atoms. The second-order valence-corrected chi connectivity index (χ2v) is 7.67. The summed E-state index contributed by atoms with van der Waals surface area (Å²) in [4.78, 5) is 17.2. The van der Waals surface area contributed by atoms with Gasteiger partial charge < -0.3 is 20.2 Å². The van der Waals surface area contributed by atoms with Crippen LogP contribution in [-0.4, -0.2) is 59.8 Å². The number of nitrogens with one attached hydrogen (secondary N) is 1. The van der Waals surface area contributed by atoms with E-state index >= 15 is 0 Å². The number of rotatable bonds is 7. The monoisotopic (exact) mass is 359 g/mol. The number of aliphatic hydroxyl groups is 1. The Bertz CT molecular complexity index is 549. The molecule has 0 aromatic heterocycles. The fraction of sp³-hybridized carbons (Fsp3) is 0.667. The summed E-state index contributed by atoms with van der Waals surface area (Å²) in [6, 6.07) is 10.7. The summed E-state index contributed by atoms with van der Waals surface area (Å²) in [7, 11) is 0. The van der Waals surface area contributed by atoms with E-state index in [0.29, 0.717) is 31.5 Å². The molecule has 1 aromatic carbocycles. The Morgan fingerprint density at radius 2 is 1.96 bits per heavy atom. The van der Waals surface area contributed by atoms with Crippen molar-refractivity contribution in [1.82, 2.24) is 15.1 Å². The van der Waals surface area contributed by atoms with Crippen LogP contribution in [0, 0.1) is 5.92 Å². The number of aliphatic hydroxyl groups excluding tert-OH is 1.